The number of carbonyl (C=O) groups excluding carboxylic acids is 1. The molecule has 0 saturated carbocycles. The summed E-state index contributed by atoms with van der Waals surface area (Å²) in [6.45, 7) is 5.95. The summed E-state index contributed by atoms with van der Waals surface area (Å²) in [4.78, 5) is 20.7. The van der Waals surface area contributed by atoms with E-state index in [4.69, 9.17) is 4.74 Å². The second-order valence-electron chi connectivity index (χ2n) is 6.84. The average Bonchev–Trinajstić information content (AvgIpc) is 3.38. The lowest BCUT2D eigenvalue weighted by molar-refractivity contribution is -0.115. The Hall–Kier alpha value is -2.54. The first-order chi connectivity index (χ1) is 13.7. The van der Waals surface area contributed by atoms with Crippen LogP contribution in [0.4, 0.5) is 5.69 Å². The first-order valence-electron chi connectivity index (χ1n) is 9.28. The van der Waals surface area contributed by atoms with E-state index >= 15 is 0 Å². The molecule has 0 aliphatic carbocycles. The summed E-state index contributed by atoms with van der Waals surface area (Å²) in [6, 6.07) is 11.9. The summed E-state index contributed by atoms with van der Waals surface area (Å²) in [5.74, 6) is -0.0212. The third kappa shape index (κ3) is 3.85. The van der Waals surface area contributed by atoms with Crippen molar-refractivity contribution in [3.05, 3.63) is 76.1 Å². The van der Waals surface area contributed by atoms with Crippen LogP contribution in [0.3, 0.4) is 0 Å². The topological polar surface area (TPSA) is 62.1 Å². The number of allylic oxidation sites excluding steroid dienone is 3. The maximum absolute atomic E-state index is 12.9. The molecule has 0 bridgehead atoms. The largest absolute Gasteiger partial charge is 0.394 e. The van der Waals surface area contributed by atoms with Crippen LogP contribution in [0.1, 0.15) is 10.4 Å². The SMILES string of the molecule is C=C1C=C(C(=O)Cc2ccccc2N2CCOC(CO)C2)N=C1c1cccs1. The van der Waals surface area contributed by atoms with Crippen molar-refractivity contribution < 1.29 is 14.6 Å². The Balaban J connectivity index is 1.53. The van der Waals surface area contributed by atoms with Crippen molar-refractivity contribution in [3.8, 4) is 0 Å². The van der Waals surface area contributed by atoms with Crippen LogP contribution >= 0.6 is 11.3 Å². The monoisotopic (exact) mass is 394 g/mol. The lowest BCUT2D eigenvalue weighted by Crippen LogP contribution is -2.44. The molecule has 1 fully saturated rings. The van der Waals surface area contributed by atoms with E-state index in [2.05, 4.69) is 16.5 Å². The highest BCUT2D eigenvalue weighted by molar-refractivity contribution is 7.12. The summed E-state index contributed by atoms with van der Waals surface area (Å²) >= 11 is 1.59. The molecule has 2 aliphatic heterocycles. The van der Waals surface area contributed by atoms with Crippen LogP contribution in [0.2, 0.25) is 0 Å². The van der Waals surface area contributed by atoms with E-state index in [0.717, 1.165) is 34.0 Å². The second-order valence-corrected chi connectivity index (χ2v) is 7.79. The average molecular weight is 394 g/mol. The molecule has 0 amide bonds. The number of thiophene rings is 1. The number of ether oxygens (including phenoxy) is 1. The second kappa shape index (κ2) is 8.22. The van der Waals surface area contributed by atoms with E-state index in [1.54, 1.807) is 17.4 Å². The summed E-state index contributed by atoms with van der Waals surface area (Å²) in [7, 11) is 0. The Morgan fingerprint density at radius 1 is 1.32 bits per heavy atom. The molecule has 5 nitrogen and oxygen atoms in total. The lowest BCUT2D eigenvalue weighted by atomic mass is 10.0. The van der Waals surface area contributed by atoms with Crippen LogP contribution in [-0.2, 0) is 16.0 Å². The van der Waals surface area contributed by atoms with Crippen LogP contribution in [0.5, 0.6) is 0 Å². The number of ketones is 1. The van der Waals surface area contributed by atoms with Crippen molar-refractivity contribution >= 4 is 28.5 Å². The van der Waals surface area contributed by atoms with Crippen molar-refractivity contribution in [2.24, 2.45) is 4.99 Å². The van der Waals surface area contributed by atoms with E-state index in [1.807, 2.05) is 41.8 Å². The molecule has 1 saturated heterocycles. The van der Waals surface area contributed by atoms with Crippen molar-refractivity contribution in [1.82, 2.24) is 0 Å². The predicted octanol–water partition coefficient (Wildman–Crippen LogP) is 3.00. The first-order valence-corrected chi connectivity index (χ1v) is 10.2. The first kappa shape index (κ1) is 18.8. The predicted molar refractivity (Wildman–Crippen MR) is 112 cm³/mol. The van der Waals surface area contributed by atoms with Crippen LogP contribution in [0, 0.1) is 0 Å². The summed E-state index contributed by atoms with van der Waals surface area (Å²) in [6.07, 6.45) is 1.85. The molecule has 1 aromatic heterocycles. The van der Waals surface area contributed by atoms with Gasteiger partial charge in [-0.3, -0.25) is 4.79 Å². The molecule has 144 valence electrons. The number of nitrogens with zero attached hydrogens (tertiary/aromatic N) is 2. The van der Waals surface area contributed by atoms with Gasteiger partial charge in [0.25, 0.3) is 0 Å². The quantitative estimate of drug-likeness (QED) is 0.818. The van der Waals surface area contributed by atoms with Crippen LogP contribution in [0.25, 0.3) is 0 Å². The van der Waals surface area contributed by atoms with E-state index in [0.29, 0.717) is 18.8 Å². The zero-order valence-corrected chi connectivity index (χ0v) is 16.3. The molecule has 4 rings (SSSR count). The maximum Gasteiger partial charge on any atom is 0.185 e. The van der Waals surface area contributed by atoms with E-state index in [1.165, 1.54) is 0 Å². The number of hydrogen-bond acceptors (Lipinski definition) is 6. The van der Waals surface area contributed by atoms with Gasteiger partial charge in [0.2, 0.25) is 0 Å². The minimum atomic E-state index is -0.198. The highest BCUT2D eigenvalue weighted by Crippen LogP contribution is 2.27. The normalized spacial score (nSPS) is 19.5. The molecule has 2 aromatic rings. The number of carbonyl (C=O) groups is 1. The number of para-hydroxylation sites is 1. The van der Waals surface area contributed by atoms with Crippen molar-refractivity contribution in [1.29, 1.82) is 0 Å². The van der Waals surface area contributed by atoms with Gasteiger partial charge in [-0.2, -0.15) is 0 Å². The molecule has 1 N–H and O–H groups in total. The van der Waals surface area contributed by atoms with Gasteiger partial charge in [-0.15, -0.1) is 11.3 Å². The van der Waals surface area contributed by atoms with Gasteiger partial charge in [0.15, 0.2) is 5.78 Å². The molecule has 0 radical (unpaired) electrons. The number of anilines is 1. The number of rotatable bonds is 6. The van der Waals surface area contributed by atoms with Crippen molar-refractivity contribution in [2.75, 3.05) is 31.2 Å². The summed E-state index contributed by atoms with van der Waals surface area (Å²) < 4.78 is 5.55. The van der Waals surface area contributed by atoms with Crippen LogP contribution < -0.4 is 4.90 Å². The summed E-state index contributed by atoms with van der Waals surface area (Å²) in [5.41, 5.74) is 3.98. The number of aliphatic imine (C=N–C) groups is 1. The molecule has 1 aromatic carbocycles. The van der Waals surface area contributed by atoms with Gasteiger partial charge in [0.05, 0.1) is 29.9 Å². The third-order valence-corrected chi connectivity index (χ3v) is 5.79. The van der Waals surface area contributed by atoms with Crippen LogP contribution in [0.15, 0.2) is 70.7 Å². The standard InChI is InChI=1S/C22H22N2O3S/c1-15-11-18(23-22(15)21-7-4-10-28-21)20(26)12-16-5-2-3-6-19(16)24-8-9-27-17(13-24)14-25/h2-7,10-11,17,25H,1,8-9,12-14H2. The van der Waals surface area contributed by atoms with Gasteiger partial charge in [0.1, 0.15) is 5.70 Å². The smallest absolute Gasteiger partial charge is 0.185 e. The van der Waals surface area contributed by atoms with E-state index in [9.17, 15) is 9.90 Å². The number of hydrogen-bond donors (Lipinski definition) is 1. The number of Topliss-reactive ketones (excluding diaryl/α,β-unsaturated/α-hetero) is 1. The van der Waals surface area contributed by atoms with E-state index < -0.39 is 0 Å². The Morgan fingerprint density at radius 3 is 2.96 bits per heavy atom. The molecule has 3 heterocycles. The van der Waals surface area contributed by atoms with Gasteiger partial charge in [-0.1, -0.05) is 30.8 Å². The zero-order chi connectivity index (χ0) is 19.5. The molecule has 2 aliphatic rings. The van der Waals surface area contributed by atoms with Crippen molar-refractivity contribution in [2.45, 2.75) is 12.5 Å². The van der Waals surface area contributed by atoms with Gasteiger partial charge in [0, 0.05) is 25.2 Å². The highest BCUT2D eigenvalue weighted by atomic mass is 32.1. The minimum absolute atomic E-state index is 0.00714. The number of aliphatic hydroxyl groups is 1. The third-order valence-electron chi connectivity index (χ3n) is 4.91. The minimum Gasteiger partial charge on any atom is -0.394 e. The summed E-state index contributed by atoms with van der Waals surface area (Å²) in [5, 5.41) is 11.4. The van der Waals surface area contributed by atoms with E-state index in [-0.39, 0.29) is 24.9 Å². The van der Waals surface area contributed by atoms with Gasteiger partial charge in [-0.05, 0) is 34.7 Å². The molecular formula is C22H22N2O3S. The molecule has 1 unspecified atom stereocenters. The van der Waals surface area contributed by atoms with Gasteiger partial charge < -0.3 is 14.7 Å². The van der Waals surface area contributed by atoms with Gasteiger partial charge in [-0.25, -0.2) is 4.99 Å². The Kier molecular flexibility index (Phi) is 5.52. The number of benzene rings is 1. The fourth-order valence-electron chi connectivity index (χ4n) is 3.51. The van der Waals surface area contributed by atoms with Crippen molar-refractivity contribution in [3.63, 3.8) is 0 Å². The highest BCUT2D eigenvalue weighted by Gasteiger charge is 2.24. The maximum atomic E-state index is 12.9. The molecule has 0 spiro atoms. The fourth-order valence-corrected chi connectivity index (χ4v) is 4.26. The molecular weight excluding hydrogens is 372 g/mol. The molecule has 1 atom stereocenters. The Labute approximate surface area is 168 Å². The molecule has 28 heavy (non-hydrogen) atoms. The lowest BCUT2D eigenvalue weighted by Gasteiger charge is -2.34. The Morgan fingerprint density at radius 2 is 2.18 bits per heavy atom. The van der Waals surface area contributed by atoms with Crippen LogP contribution in [-0.4, -0.2) is 49.0 Å². The fraction of sp³-hybridized carbons (Fsp3) is 0.273. The molecule has 6 heteroatoms. The number of morpholine rings is 1. The number of aliphatic hydroxyl groups excluding tert-OH is 1. The zero-order valence-electron chi connectivity index (χ0n) is 15.5. The van der Waals surface area contributed by atoms with Gasteiger partial charge >= 0.3 is 0 Å². The Bertz CT molecular complexity index is 946.